The highest BCUT2D eigenvalue weighted by Gasteiger charge is 2.50. The fourth-order valence-corrected chi connectivity index (χ4v) is 8.48. The molecule has 3 rings (SSSR count). The van der Waals surface area contributed by atoms with Gasteiger partial charge in [0.05, 0.1) is 19.5 Å². The normalized spacial score (nSPS) is 21.9. The first-order valence-corrected chi connectivity index (χ1v) is 21.8. The topological polar surface area (TPSA) is 401 Å². The highest BCUT2D eigenvalue weighted by molar-refractivity contribution is 8.13. The molecular formula is C27H42N7O19P3S. The maximum atomic E-state index is 12.7. The number of thioether (sulfide) groups is 1. The zero-order valence-electron chi connectivity index (χ0n) is 30.0. The number of aliphatic carboxylic acids is 1. The van der Waals surface area contributed by atoms with Gasteiger partial charge in [-0.3, -0.25) is 37.3 Å². The van der Waals surface area contributed by atoms with Crippen molar-refractivity contribution >= 4 is 75.1 Å². The predicted octanol–water partition coefficient (Wildman–Crippen LogP) is -1.06. The van der Waals surface area contributed by atoms with Crippen molar-refractivity contribution in [3.63, 3.8) is 0 Å². The second-order valence-electron chi connectivity index (χ2n) is 12.7. The zero-order chi connectivity index (χ0) is 42.9. The van der Waals surface area contributed by atoms with Gasteiger partial charge < -0.3 is 56.0 Å². The minimum Gasteiger partial charge on any atom is -0.481 e. The van der Waals surface area contributed by atoms with Crippen LogP contribution < -0.4 is 16.4 Å². The molecule has 8 atom stereocenters. The summed E-state index contributed by atoms with van der Waals surface area (Å²) in [6.45, 7) is 3.49. The lowest BCUT2D eigenvalue weighted by molar-refractivity contribution is -0.144. The molecule has 26 nitrogen and oxygen atoms in total. The Kier molecular flexibility index (Phi) is 17.0. The lowest BCUT2D eigenvalue weighted by Gasteiger charge is -2.30. The van der Waals surface area contributed by atoms with E-state index < -0.39 is 102 Å². The number of aliphatic hydroxyl groups excluding tert-OH is 2. The Hall–Kier alpha value is -3.23. The predicted molar refractivity (Wildman–Crippen MR) is 193 cm³/mol. The lowest BCUT2D eigenvalue weighted by atomic mass is 9.87. The number of aliphatic hydroxyl groups is 2. The summed E-state index contributed by atoms with van der Waals surface area (Å²) in [7, 11) is -16.5. The molecule has 57 heavy (non-hydrogen) atoms. The average Bonchev–Trinajstić information content (AvgIpc) is 3.66. The second-order valence-corrected chi connectivity index (χ2v) is 18.0. The van der Waals surface area contributed by atoms with Crippen LogP contribution in [-0.4, -0.2) is 134 Å². The fourth-order valence-electron chi connectivity index (χ4n) is 4.85. The van der Waals surface area contributed by atoms with Gasteiger partial charge >= 0.3 is 29.4 Å². The van der Waals surface area contributed by atoms with Gasteiger partial charge in [-0.25, -0.2) is 28.6 Å². The molecule has 0 aromatic carbocycles. The van der Waals surface area contributed by atoms with Crippen molar-refractivity contribution in [2.75, 3.05) is 37.8 Å². The van der Waals surface area contributed by atoms with Crippen LogP contribution in [0.15, 0.2) is 25.3 Å². The molecule has 11 N–H and O–H groups in total. The van der Waals surface area contributed by atoms with Gasteiger partial charge in [0.1, 0.15) is 42.2 Å². The minimum atomic E-state index is -5.60. The van der Waals surface area contributed by atoms with Crippen LogP contribution in [0.25, 0.3) is 11.2 Å². The number of carbonyl (C=O) groups is 4. The number of ether oxygens (including phenoxy) is 1. The Morgan fingerprint density at radius 2 is 1.75 bits per heavy atom. The van der Waals surface area contributed by atoms with Crippen LogP contribution in [0.1, 0.15) is 32.9 Å². The van der Waals surface area contributed by atoms with Crippen LogP contribution >= 0.6 is 35.2 Å². The maximum absolute atomic E-state index is 12.7. The van der Waals surface area contributed by atoms with E-state index in [9.17, 15) is 62.7 Å². The fraction of sp³-hybridized carbons (Fsp3) is 0.593. The quantitative estimate of drug-likeness (QED) is 0.0275. The van der Waals surface area contributed by atoms with E-state index in [0.717, 1.165) is 29.0 Å². The molecule has 2 aromatic rings. The van der Waals surface area contributed by atoms with E-state index >= 15 is 0 Å². The lowest BCUT2D eigenvalue weighted by Crippen LogP contribution is -2.46. The number of rotatable bonds is 23. The largest absolute Gasteiger partial charge is 0.481 e. The number of fused-ring (bicyclic) bond motifs is 1. The van der Waals surface area contributed by atoms with Crippen molar-refractivity contribution in [3.05, 3.63) is 25.3 Å². The second kappa shape index (κ2) is 20.2. The van der Waals surface area contributed by atoms with Crippen LogP contribution in [0.3, 0.4) is 0 Å². The first kappa shape index (κ1) is 48.1. The van der Waals surface area contributed by atoms with E-state index in [-0.39, 0.29) is 48.7 Å². The van der Waals surface area contributed by atoms with Gasteiger partial charge in [0.15, 0.2) is 17.7 Å². The van der Waals surface area contributed by atoms with Crippen LogP contribution in [0.4, 0.5) is 5.82 Å². The molecule has 1 aliphatic heterocycles. The van der Waals surface area contributed by atoms with Crippen molar-refractivity contribution in [1.82, 2.24) is 30.2 Å². The Morgan fingerprint density at radius 3 is 2.39 bits per heavy atom. The first-order chi connectivity index (χ1) is 26.4. The molecule has 1 aliphatic rings. The van der Waals surface area contributed by atoms with Crippen LogP contribution in [0.2, 0.25) is 0 Å². The van der Waals surface area contributed by atoms with Crippen LogP contribution in [0.5, 0.6) is 0 Å². The first-order valence-electron chi connectivity index (χ1n) is 16.3. The molecule has 0 aliphatic carbocycles. The number of hydrogen-bond acceptors (Lipinski definition) is 19. The van der Waals surface area contributed by atoms with Gasteiger partial charge in [0, 0.05) is 30.7 Å². The van der Waals surface area contributed by atoms with Crippen molar-refractivity contribution in [2.24, 2.45) is 11.3 Å². The van der Waals surface area contributed by atoms with Gasteiger partial charge in [-0.05, 0) is 6.42 Å². The number of carboxylic acids is 1. The van der Waals surface area contributed by atoms with Crippen LogP contribution in [-0.2, 0) is 55.5 Å². The van der Waals surface area contributed by atoms with E-state index in [1.165, 1.54) is 19.9 Å². The van der Waals surface area contributed by atoms with Crippen LogP contribution in [0, 0.1) is 11.3 Å². The number of nitrogens with one attached hydrogen (secondary N) is 2. The Balaban J connectivity index is 1.49. The number of carbonyl (C=O) groups excluding carboxylic acids is 3. The number of phosphoric acid groups is 3. The number of allylic oxidation sites excluding steroid dienone is 1. The van der Waals surface area contributed by atoms with Crippen molar-refractivity contribution in [1.29, 1.82) is 0 Å². The molecule has 30 heteroatoms. The molecule has 320 valence electrons. The number of imidazole rings is 1. The summed E-state index contributed by atoms with van der Waals surface area (Å²) in [6, 6.07) is 0. The highest BCUT2D eigenvalue weighted by Crippen LogP contribution is 2.61. The Bertz CT molecular complexity index is 1930. The van der Waals surface area contributed by atoms with E-state index in [1.807, 2.05) is 0 Å². The van der Waals surface area contributed by atoms with Gasteiger partial charge in [-0.2, -0.15) is 4.31 Å². The number of amides is 2. The summed E-state index contributed by atoms with van der Waals surface area (Å²) in [4.78, 5) is 98.7. The number of nitrogens with zero attached hydrogens (tertiary/aromatic N) is 4. The third kappa shape index (κ3) is 14.2. The third-order valence-electron chi connectivity index (χ3n) is 7.73. The molecule has 0 saturated carbocycles. The van der Waals surface area contributed by atoms with Crippen molar-refractivity contribution in [2.45, 2.75) is 57.3 Å². The highest BCUT2D eigenvalue weighted by atomic mass is 32.2. The zero-order valence-corrected chi connectivity index (χ0v) is 33.5. The van der Waals surface area contributed by atoms with E-state index in [1.54, 1.807) is 0 Å². The van der Waals surface area contributed by atoms with Gasteiger partial charge in [0.25, 0.3) is 0 Å². The Morgan fingerprint density at radius 1 is 1.09 bits per heavy atom. The van der Waals surface area contributed by atoms with Gasteiger partial charge in [-0.1, -0.05) is 31.7 Å². The molecule has 8 unspecified atom stereocenters. The Labute approximate surface area is 327 Å². The van der Waals surface area contributed by atoms with E-state index in [0.29, 0.717) is 0 Å². The number of nitrogen functional groups attached to an aromatic ring is 1. The minimum absolute atomic E-state index is 0.00551. The third-order valence-corrected chi connectivity index (χ3v) is 11.8. The van der Waals surface area contributed by atoms with Gasteiger partial charge in [0.2, 0.25) is 16.9 Å². The number of carboxylic acid groups (broad SMARTS) is 1. The van der Waals surface area contributed by atoms with E-state index in [2.05, 4.69) is 41.0 Å². The van der Waals surface area contributed by atoms with Gasteiger partial charge in [-0.15, -0.1) is 6.58 Å². The number of phosphoric ester groups is 3. The molecule has 0 spiro atoms. The van der Waals surface area contributed by atoms with Crippen molar-refractivity contribution < 1.29 is 90.4 Å². The monoisotopic (exact) mass is 893 g/mol. The molecule has 1 fully saturated rings. The summed E-state index contributed by atoms with van der Waals surface area (Å²) in [5, 5.41) is 34.7. The molecular weight excluding hydrogens is 851 g/mol. The molecule has 3 heterocycles. The summed E-state index contributed by atoms with van der Waals surface area (Å²) in [6.07, 6.45) is -5.90. The molecule has 1 saturated heterocycles. The maximum Gasteiger partial charge on any atom is 0.481 e. The summed E-state index contributed by atoms with van der Waals surface area (Å²) in [5.41, 5.74) is 4.18. The summed E-state index contributed by atoms with van der Waals surface area (Å²) >= 11 is 0.718. The number of nitrogens with two attached hydrogens (primary N) is 1. The molecule has 0 radical (unpaired) electrons. The van der Waals surface area contributed by atoms with Crippen molar-refractivity contribution in [3.8, 4) is 0 Å². The number of aromatic nitrogens is 4. The average molecular weight is 894 g/mol. The number of hydrogen-bond donors (Lipinski definition) is 10. The standard InChI is InChI=1S/C27H42N7O19P3S/c1-4-5-14(25(39)40)26(41)57-9-8-29-16(35)6-7-30-23(38)20(37)27(2,3)11-50-56(47,48)53-55(45,46)49-10-15-19(52-54(42,43)44)18(36)24(51-15)34-13-33-17-21(28)31-12-32-22(17)34/h4,12-15,18-20,24,36-37H,1,5-11H2,2-3H3,(H,29,35)(H,30,38)(H,39,40)(H,45,46)(H,47,48)(H2,28,31,32)(H2,42,43,44). The summed E-state index contributed by atoms with van der Waals surface area (Å²) < 4.78 is 62.0. The van der Waals surface area contributed by atoms with E-state index in [4.69, 9.17) is 24.6 Å². The smallest absolute Gasteiger partial charge is 0.481 e. The molecule has 2 aromatic heterocycles. The number of anilines is 1. The summed E-state index contributed by atoms with van der Waals surface area (Å²) in [5.74, 6) is -4.13. The SMILES string of the molecule is C=CCC(C(=O)O)C(=O)SCCNC(=O)CCNC(=O)C(O)C(C)(C)COP(=O)(O)OP(=O)(O)OCC1OC(n2cnc3c(N)ncnc32)C(O)C1OP(=O)(O)O. The molecule has 0 bridgehead atoms. The molecule has 2 amide bonds.